The number of carboxylic acids is 1. The normalized spacial score (nSPS) is 8.65. The monoisotopic (exact) mass is 232 g/mol. The summed E-state index contributed by atoms with van der Waals surface area (Å²) in [6.45, 7) is 0. The second-order valence-electron chi connectivity index (χ2n) is 2.76. The SMILES string of the molecule is N#CC(C#N)=NNc1c(F)cccc1C(=O)O. The van der Waals surface area contributed by atoms with Gasteiger partial charge in [0.05, 0.1) is 5.56 Å². The van der Waals surface area contributed by atoms with Crippen molar-refractivity contribution in [3.63, 3.8) is 0 Å². The van der Waals surface area contributed by atoms with Gasteiger partial charge in [-0.2, -0.15) is 15.6 Å². The number of nitrogens with one attached hydrogen (secondary N) is 1. The third-order valence-electron chi connectivity index (χ3n) is 1.74. The summed E-state index contributed by atoms with van der Waals surface area (Å²) in [7, 11) is 0. The number of rotatable bonds is 3. The number of nitrogens with zero attached hydrogens (tertiary/aromatic N) is 3. The Hall–Kier alpha value is -2.93. The van der Waals surface area contributed by atoms with Gasteiger partial charge < -0.3 is 5.11 Å². The minimum Gasteiger partial charge on any atom is -0.478 e. The van der Waals surface area contributed by atoms with Crippen LogP contribution in [0, 0.1) is 28.5 Å². The van der Waals surface area contributed by atoms with Crippen molar-refractivity contribution in [3.8, 4) is 12.1 Å². The number of hydrogen-bond acceptors (Lipinski definition) is 5. The Bertz CT molecular complexity index is 553. The van der Waals surface area contributed by atoms with Gasteiger partial charge in [0.2, 0.25) is 5.71 Å². The van der Waals surface area contributed by atoms with Crippen molar-refractivity contribution in [1.29, 1.82) is 10.5 Å². The molecule has 0 amide bonds. The average Bonchev–Trinajstić information content (AvgIpc) is 2.31. The fraction of sp³-hybridized carbons (Fsp3) is 0. The van der Waals surface area contributed by atoms with Gasteiger partial charge in [-0.3, -0.25) is 5.43 Å². The van der Waals surface area contributed by atoms with Gasteiger partial charge >= 0.3 is 5.97 Å². The predicted octanol–water partition coefficient (Wildman–Crippen LogP) is 1.34. The number of carbonyl (C=O) groups is 1. The van der Waals surface area contributed by atoms with Crippen LogP contribution in [0.2, 0.25) is 0 Å². The number of hydrazone groups is 1. The maximum absolute atomic E-state index is 13.3. The highest BCUT2D eigenvalue weighted by Crippen LogP contribution is 2.19. The highest BCUT2D eigenvalue weighted by atomic mass is 19.1. The van der Waals surface area contributed by atoms with E-state index in [4.69, 9.17) is 15.6 Å². The van der Waals surface area contributed by atoms with Gasteiger partial charge in [-0.05, 0) is 12.1 Å². The fourth-order valence-electron chi connectivity index (χ4n) is 1.00. The molecule has 6 nitrogen and oxygen atoms in total. The second-order valence-corrected chi connectivity index (χ2v) is 2.76. The number of benzene rings is 1. The summed E-state index contributed by atoms with van der Waals surface area (Å²) in [6, 6.07) is 6.32. The van der Waals surface area contributed by atoms with Gasteiger partial charge in [0.25, 0.3) is 0 Å². The summed E-state index contributed by atoms with van der Waals surface area (Å²) in [5.74, 6) is -2.19. The molecule has 0 aromatic heterocycles. The molecule has 17 heavy (non-hydrogen) atoms. The fourth-order valence-corrected chi connectivity index (χ4v) is 1.00. The molecule has 0 bridgehead atoms. The summed E-state index contributed by atoms with van der Waals surface area (Å²) in [5, 5.41) is 28.9. The first-order chi connectivity index (χ1) is 8.10. The van der Waals surface area contributed by atoms with Crippen molar-refractivity contribution in [2.45, 2.75) is 0 Å². The standard InChI is InChI=1S/C10H5FN4O2/c11-8-3-1-2-7(10(16)17)9(8)15-14-6(4-12)5-13/h1-3,15H,(H,16,17). The first kappa shape index (κ1) is 12.1. The number of hydrogen-bond donors (Lipinski definition) is 2. The Kier molecular flexibility index (Phi) is 3.74. The Morgan fingerprint density at radius 2 is 2.06 bits per heavy atom. The van der Waals surface area contributed by atoms with E-state index in [1.807, 2.05) is 0 Å². The molecule has 84 valence electrons. The van der Waals surface area contributed by atoms with E-state index in [1.54, 1.807) is 0 Å². The number of anilines is 1. The van der Waals surface area contributed by atoms with Crippen LogP contribution in [0.15, 0.2) is 23.3 Å². The maximum Gasteiger partial charge on any atom is 0.337 e. The molecule has 2 N–H and O–H groups in total. The van der Waals surface area contributed by atoms with E-state index in [2.05, 4.69) is 10.5 Å². The molecule has 0 saturated heterocycles. The first-order valence-corrected chi connectivity index (χ1v) is 4.26. The van der Waals surface area contributed by atoms with Crippen LogP contribution >= 0.6 is 0 Å². The summed E-state index contributed by atoms with van der Waals surface area (Å²) in [4.78, 5) is 10.8. The van der Waals surface area contributed by atoms with Gasteiger partial charge in [-0.1, -0.05) is 6.07 Å². The zero-order valence-corrected chi connectivity index (χ0v) is 8.31. The van der Waals surface area contributed by atoms with E-state index in [9.17, 15) is 9.18 Å². The van der Waals surface area contributed by atoms with Crippen LogP contribution in [-0.4, -0.2) is 16.8 Å². The van der Waals surface area contributed by atoms with Crippen LogP contribution in [-0.2, 0) is 0 Å². The molecule has 0 heterocycles. The molecule has 0 radical (unpaired) electrons. The first-order valence-electron chi connectivity index (χ1n) is 4.26. The molecule has 1 aromatic carbocycles. The summed E-state index contributed by atoms with van der Waals surface area (Å²) in [5.41, 5.74) is 0.771. The van der Waals surface area contributed by atoms with Crippen LogP contribution in [0.5, 0.6) is 0 Å². The zero-order chi connectivity index (χ0) is 12.8. The molecule has 0 aliphatic carbocycles. The Balaban J connectivity index is 3.16. The lowest BCUT2D eigenvalue weighted by molar-refractivity contribution is 0.0697. The van der Waals surface area contributed by atoms with E-state index in [0.717, 1.165) is 6.07 Å². The van der Waals surface area contributed by atoms with Crippen LogP contribution in [0.4, 0.5) is 10.1 Å². The second kappa shape index (κ2) is 5.24. The predicted molar refractivity (Wildman–Crippen MR) is 55.6 cm³/mol. The molecule has 0 fully saturated rings. The minimum absolute atomic E-state index is 0.344. The van der Waals surface area contributed by atoms with Gasteiger partial charge in [-0.15, -0.1) is 0 Å². The van der Waals surface area contributed by atoms with E-state index in [-0.39, 0.29) is 5.56 Å². The van der Waals surface area contributed by atoms with Crippen molar-refractivity contribution in [1.82, 2.24) is 0 Å². The molecule has 0 unspecified atom stereocenters. The van der Waals surface area contributed by atoms with Crippen LogP contribution < -0.4 is 5.43 Å². The number of halogens is 1. The molecule has 0 spiro atoms. The summed E-state index contributed by atoms with van der Waals surface area (Å²) >= 11 is 0. The number of aromatic carboxylic acids is 1. The lowest BCUT2D eigenvalue weighted by Crippen LogP contribution is -2.06. The molecule has 0 aliphatic heterocycles. The van der Waals surface area contributed by atoms with Crippen molar-refractivity contribution < 1.29 is 14.3 Å². The van der Waals surface area contributed by atoms with E-state index >= 15 is 0 Å². The molecular weight excluding hydrogens is 227 g/mol. The lowest BCUT2D eigenvalue weighted by Gasteiger charge is -2.05. The van der Waals surface area contributed by atoms with E-state index in [1.165, 1.54) is 24.3 Å². The Morgan fingerprint density at radius 3 is 2.59 bits per heavy atom. The molecule has 1 rings (SSSR count). The third-order valence-corrected chi connectivity index (χ3v) is 1.74. The Morgan fingerprint density at radius 1 is 1.41 bits per heavy atom. The highest BCUT2D eigenvalue weighted by Gasteiger charge is 2.13. The largest absolute Gasteiger partial charge is 0.478 e. The molecule has 0 aliphatic rings. The van der Waals surface area contributed by atoms with Gasteiger partial charge in [-0.25, -0.2) is 9.18 Å². The highest BCUT2D eigenvalue weighted by molar-refractivity contribution is 6.10. The molecule has 0 atom stereocenters. The van der Waals surface area contributed by atoms with Crippen molar-refractivity contribution in [2.24, 2.45) is 5.10 Å². The average molecular weight is 232 g/mol. The summed E-state index contributed by atoms with van der Waals surface area (Å²) < 4.78 is 13.3. The molecular formula is C10H5FN4O2. The van der Waals surface area contributed by atoms with Crippen molar-refractivity contribution >= 4 is 17.4 Å². The molecule has 0 saturated carbocycles. The Labute approximate surface area is 95.2 Å². The lowest BCUT2D eigenvalue weighted by atomic mass is 10.2. The number of para-hydroxylation sites is 1. The van der Waals surface area contributed by atoms with Gasteiger partial charge in [0.1, 0.15) is 23.6 Å². The van der Waals surface area contributed by atoms with Crippen LogP contribution in [0.25, 0.3) is 0 Å². The molecule has 7 heteroatoms. The number of carboxylic acid groups (broad SMARTS) is 1. The number of nitriles is 2. The minimum atomic E-state index is -1.35. The smallest absolute Gasteiger partial charge is 0.337 e. The van der Waals surface area contributed by atoms with Crippen molar-refractivity contribution in [2.75, 3.05) is 5.43 Å². The van der Waals surface area contributed by atoms with Crippen LogP contribution in [0.1, 0.15) is 10.4 Å². The zero-order valence-electron chi connectivity index (χ0n) is 8.31. The van der Waals surface area contributed by atoms with Gasteiger partial charge in [0, 0.05) is 0 Å². The third kappa shape index (κ3) is 2.76. The molecule has 1 aromatic rings. The van der Waals surface area contributed by atoms with Crippen LogP contribution in [0.3, 0.4) is 0 Å². The quantitative estimate of drug-likeness (QED) is 0.603. The summed E-state index contributed by atoms with van der Waals surface area (Å²) in [6.07, 6.45) is 0. The topological polar surface area (TPSA) is 109 Å². The maximum atomic E-state index is 13.3. The van der Waals surface area contributed by atoms with E-state index < -0.39 is 23.2 Å². The van der Waals surface area contributed by atoms with Crippen molar-refractivity contribution in [3.05, 3.63) is 29.6 Å². The van der Waals surface area contributed by atoms with E-state index in [0.29, 0.717) is 0 Å². The van der Waals surface area contributed by atoms with Gasteiger partial charge in [0.15, 0.2) is 0 Å².